The number of benzene rings is 2. The summed E-state index contributed by atoms with van der Waals surface area (Å²) in [6, 6.07) is 15.9. The second-order valence-corrected chi connectivity index (χ2v) is 7.13. The highest BCUT2D eigenvalue weighted by Gasteiger charge is 2.39. The second kappa shape index (κ2) is 5.62. The molecule has 2 aromatic carbocycles. The first-order valence-corrected chi connectivity index (χ1v) is 8.72. The van der Waals surface area contributed by atoms with Crippen LogP contribution in [0.25, 0.3) is 5.70 Å². The number of anilines is 1. The number of fused-ring (bicyclic) bond motifs is 3. The quantitative estimate of drug-likeness (QED) is 0.431. The van der Waals surface area contributed by atoms with Gasteiger partial charge in [-0.05, 0) is 24.3 Å². The predicted molar refractivity (Wildman–Crippen MR) is 95.1 cm³/mol. The number of carbonyl (C=O) groups is 1. The van der Waals surface area contributed by atoms with Crippen molar-refractivity contribution in [1.29, 1.82) is 0 Å². The van der Waals surface area contributed by atoms with Crippen molar-refractivity contribution >= 4 is 45.3 Å². The monoisotopic (exact) mass is 388 g/mol. The highest BCUT2D eigenvalue weighted by atomic mass is 79.9. The third-order valence-corrected chi connectivity index (χ3v) is 5.98. The van der Waals surface area contributed by atoms with Crippen LogP contribution in [0.1, 0.15) is 12.5 Å². The van der Waals surface area contributed by atoms with Crippen LogP contribution in [0, 0.1) is 0 Å². The smallest absolute Gasteiger partial charge is 0.308 e. The van der Waals surface area contributed by atoms with Crippen LogP contribution in [-0.2, 0) is 4.79 Å². The minimum absolute atomic E-state index is 0.153. The van der Waals surface area contributed by atoms with E-state index < -0.39 is 0 Å². The Labute approximate surface area is 147 Å². The molecule has 23 heavy (non-hydrogen) atoms. The zero-order valence-electron chi connectivity index (χ0n) is 12.3. The van der Waals surface area contributed by atoms with E-state index in [1.165, 1.54) is 17.5 Å². The number of esters is 1. The predicted octanol–water partition coefficient (Wildman–Crippen LogP) is 4.43. The van der Waals surface area contributed by atoms with E-state index in [2.05, 4.69) is 49.4 Å². The van der Waals surface area contributed by atoms with Crippen molar-refractivity contribution in [3.8, 4) is 5.75 Å². The molecule has 6 heteroatoms. The summed E-state index contributed by atoms with van der Waals surface area (Å²) in [5.41, 5.74) is 3.39. The first kappa shape index (κ1) is 14.7. The summed E-state index contributed by atoms with van der Waals surface area (Å²) in [6.07, 6.45) is 2.12. The van der Waals surface area contributed by atoms with Gasteiger partial charge in [0.05, 0.1) is 27.5 Å². The molecule has 0 bridgehead atoms. The molecule has 0 N–H and O–H groups in total. The van der Waals surface area contributed by atoms with Crippen molar-refractivity contribution < 1.29 is 9.53 Å². The molecule has 2 aromatic rings. The molecule has 0 radical (unpaired) electrons. The molecule has 0 saturated heterocycles. The first-order chi connectivity index (χ1) is 11.1. The van der Waals surface area contributed by atoms with Gasteiger partial charge in [0, 0.05) is 23.6 Å². The number of hydrogen-bond donors (Lipinski definition) is 0. The molecule has 0 saturated carbocycles. The summed E-state index contributed by atoms with van der Waals surface area (Å²) in [5, 5.41) is 0. The highest BCUT2D eigenvalue weighted by molar-refractivity contribution is 9.07. The van der Waals surface area contributed by atoms with Crippen LogP contribution in [0.4, 0.5) is 5.69 Å². The molecule has 2 aliphatic rings. The third kappa shape index (κ3) is 2.52. The lowest BCUT2D eigenvalue weighted by Crippen LogP contribution is -2.27. The molecular formula is C17H13BrN2O2S. The van der Waals surface area contributed by atoms with Crippen molar-refractivity contribution in [2.45, 2.75) is 17.3 Å². The Kier molecular flexibility index (Phi) is 3.58. The number of nitrogens with zero attached hydrogens (tertiary/aromatic N) is 2. The maximum absolute atomic E-state index is 11.1. The van der Waals surface area contributed by atoms with Gasteiger partial charge in [-0.25, -0.2) is 0 Å². The van der Waals surface area contributed by atoms with Crippen LogP contribution >= 0.6 is 27.9 Å². The molecule has 2 heterocycles. The fourth-order valence-corrected chi connectivity index (χ4v) is 4.65. The van der Waals surface area contributed by atoms with Gasteiger partial charge >= 0.3 is 5.97 Å². The van der Waals surface area contributed by atoms with Gasteiger partial charge in [0.1, 0.15) is 5.75 Å². The molecule has 0 spiro atoms. The molecule has 0 amide bonds. The van der Waals surface area contributed by atoms with Crippen LogP contribution in [0.3, 0.4) is 0 Å². The first-order valence-electron chi connectivity index (χ1n) is 7.13. The number of para-hydroxylation sites is 1. The number of carbonyl (C=O) groups excluding carboxylic acids is 1. The second-order valence-electron chi connectivity index (χ2n) is 5.27. The van der Waals surface area contributed by atoms with Crippen molar-refractivity contribution in [3.63, 3.8) is 0 Å². The van der Waals surface area contributed by atoms with Crippen LogP contribution < -0.4 is 9.64 Å². The van der Waals surface area contributed by atoms with Gasteiger partial charge in [0.25, 0.3) is 0 Å². The molecule has 1 unspecified atom stereocenters. The minimum Gasteiger partial charge on any atom is -0.427 e. The SMILES string of the molecule is CC(=O)Oc1cccc(C2=CN3c4ccccc4SC3N2Br)c1. The Hall–Kier alpha value is -1.92. The van der Waals surface area contributed by atoms with Gasteiger partial charge in [-0.1, -0.05) is 36.0 Å². The largest absolute Gasteiger partial charge is 0.427 e. The van der Waals surface area contributed by atoms with Crippen molar-refractivity contribution in [2.75, 3.05) is 4.90 Å². The van der Waals surface area contributed by atoms with Gasteiger partial charge in [-0.2, -0.15) is 0 Å². The number of rotatable bonds is 2. The number of ether oxygens (including phenoxy) is 1. The van der Waals surface area contributed by atoms with Crippen LogP contribution in [0.2, 0.25) is 0 Å². The summed E-state index contributed by atoms with van der Waals surface area (Å²) in [7, 11) is 0. The average Bonchev–Trinajstić information content (AvgIpc) is 3.04. The van der Waals surface area contributed by atoms with E-state index in [0.29, 0.717) is 5.75 Å². The minimum atomic E-state index is -0.316. The average molecular weight is 389 g/mol. The van der Waals surface area contributed by atoms with Crippen LogP contribution in [0.5, 0.6) is 5.75 Å². The van der Waals surface area contributed by atoms with Gasteiger partial charge < -0.3 is 9.64 Å². The van der Waals surface area contributed by atoms with Crippen LogP contribution in [-0.4, -0.2) is 15.4 Å². The van der Waals surface area contributed by atoms with Gasteiger partial charge in [-0.3, -0.25) is 8.72 Å². The topological polar surface area (TPSA) is 32.8 Å². The van der Waals surface area contributed by atoms with E-state index in [4.69, 9.17) is 4.74 Å². The van der Waals surface area contributed by atoms with Crippen molar-refractivity contribution in [2.24, 2.45) is 0 Å². The molecule has 1 atom stereocenters. The molecule has 2 aliphatic heterocycles. The van der Waals surface area contributed by atoms with E-state index in [1.807, 2.05) is 24.3 Å². The lowest BCUT2D eigenvalue weighted by Gasteiger charge is -2.22. The number of halogens is 1. The van der Waals surface area contributed by atoms with E-state index in [9.17, 15) is 4.79 Å². The summed E-state index contributed by atoms with van der Waals surface area (Å²) < 4.78 is 7.24. The van der Waals surface area contributed by atoms with Gasteiger partial charge in [0.15, 0.2) is 5.50 Å². The molecule has 0 aliphatic carbocycles. The molecule has 116 valence electrons. The molecule has 4 rings (SSSR count). The third-order valence-electron chi connectivity index (χ3n) is 3.69. The summed E-state index contributed by atoms with van der Waals surface area (Å²) in [4.78, 5) is 14.6. The summed E-state index contributed by atoms with van der Waals surface area (Å²) in [6.45, 7) is 1.40. The maximum Gasteiger partial charge on any atom is 0.308 e. The van der Waals surface area contributed by atoms with E-state index >= 15 is 0 Å². The Morgan fingerprint density at radius 3 is 2.87 bits per heavy atom. The highest BCUT2D eigenvalue weighted by Crippen LogP contribution is 2.51. The van der Waals surface area contributed by atoms with Gasteiger partial charge in [0.2, 0.25) is 0 Å². The number of thioether (sulfide) groups is 1. The molecule has 0 aromatic heterocycles. The van der Waals surface area contributed by atoms with Crippen molar-refractivity contribution in [3.05, 3.63) is 60.3 Å². The van der Waals surface area contributed by atoms with Gasteiger partial charge in [-0.15, -0.1) is 0 Å². The summed E-state index contributed by atoms with van der Waals surface area (Å²) >= 11 is 5.47. The van der Waals surface area contributed by atoms with E-state index in [0.717, 1.165) is 11.3 Å². The Balaban J connectivity index is 1.70. The maximum atomic E-state index is 11.1. The fraction of sp³-hybridized carbons (Fsp3) is 0.118. The van der Waals surface area contributed by atoms with E-state index in [-0.39, 0.29) is 11.5 Å². The molecule has 0 fully saturated rings. The normalized spacial score (nSPS) is 18.5. The zero-order chi connectivity index (χ0) is 16.0. The fourth-order valence-electron chi connectivity index (χ4n) is 2.74. The molecular weight excluding hydrogens is 376 g/mol. The van der Waals surface area contributed by atoms with E-state index in [1.54, 1.807) is 17.8 Å². The Bertz CT molecular complexity index is 824. The lowest BCUT2D eigenvalue weighted by atomic mass is 10.1. The van der Waals surface area contributed by atoms with Crippen LogP contribution in [0.15, 0.2) is 59.6 Å². The molecule has 4 nitrogen and oxygen atoms in total. The number of hydrogen-bond acceptors (Lipinski definition) is 5. The van der Waals surface area contributed by atoms with Crippen molar-refractivity contribution in [1.82, 2.24) is 3.93 Å². The Morgan fingerprint density at radius 1 is 1.22 bits per heavy atom. The zero-order valence-corrected chi connectivity index (χ0v) is 14.7. The Morgan fingerprint density at radius 2 is 2.04 bits per heavy atom. The summed E-state index contributed by atoms with van der Waals surface area (Å²) in [5.74, 6) is 0.236. The lowest BCUT2D eigenvalue weighted by molar-refractivity contribution is -0.131. The standard InChI is InChI=1S/C17H13BrN2O2S/c1-11(21)22-13-6-4-5-12(9-13)15-10-19-14-7-2-3-8-16(14)23-17(19)20(15)18/h2-10,17H,1H3.